The van der Waals surface area contributed by atoms with Gasteiger partial charge in [-0.1, -0.05) is 12.8 Å². The second-order valence-electron chi connectivity index (χ2n) is 8.64. The van der Waals surface area contributed by atoms with Crippen LogP contribution < -0.4 is 16.4 Å². The summed E-state index contributed by atoms with van der Waals surface area (Å²) in [7, 11) is 0. The number of nitrogens with one attached hydrogen (secondary N) is 3. The molecule has 6 N–H and O–H groups in total. The molecule has 1 spiro atoms. The van der Waals surface area contributed by atoms with Crippen LogP contribution in [0.3, 0.4) is 0 Å². The number of fused-ring (bicyclic) bond motifs is 1. The zero-order valence-electron chi connectivity index (χ0n) is 15.9. The third-order valence-corrected chi connectivity index (χ3v) is 7.21. The van der Waals surface area contributed by atoms with Gasteiger partial charge in [-0.2, -0.15) is 0 Å². The van der Waals surface area contributed by atoms with Gasteiger partial charge in [0.2, 0.25) is 0 Å². The van der Waals surface area contributed by atoms with E-state index in [4.69, 9.17) is 15.9 Å². The predicted molar refractivity (Wildman–Crippen MR) is 102 cm³/mol. The number of nitrogens with zero attached hydrogens (tertiary/aromatic N) is 3. The average molecular weight is 391 g/mol. The summed E-state index contributed by atoms with van der Waals surface area (Å²) in [5, 5.41) is 25.4. The second-order valence-corrected chi connectivity index (χ2v) is 8.64. The molecule has 154 valence electrons. The molecule has 0 aromatic rings. The molecular weight excluding hydrogens is 362 g/mol. The van der Waals surface area contributed by atoms with Gasteiger partial charge >= 0.3 is 6.09 Å². The first-order valence-electron chi connectivity index (χ1n) is 10.4. The van der Waals surface area contributed by atoms with Crippen LogP contribution >= 0.6 is 0 Å². The highest BCUT2D eigenvalue weighted by molar-refractivity contribution is 5.86. The van der Waals surface area contributed by atoms with Crippen LogP contribution in [0.1, 0.15) is 38.5 Å². The number of nitrogens with two attached hydrogens (primary N) is 1. The van der Waals surface area contributed by atoms with Crippen LogP contribution in [-0.2, 0) is 4.74 Å². The summed E-state index contributed by atoms with van der Waals surface area (Å²) in [6.07, 6.45) is 4.68. The summed E-state index contributed by atoms with van der Waals surface area (Å²) in [4.78, 5) is 20.9. The molecule has 5 rings (SSSR count). The number of carbonyl (C=O) groups is 1. The van der Waals surface area contributed by atoms with Gasteiger partial charge in [-0.05, 0) is 31.6 Å². The number of guanidine groups is 2. The molecule has 10 heteroatoms. The minimum atomic E-state index is -1.03. The summed E-state index contributed by atoms with van der Waals surface area (Å²) in [6.45, 7) is 1.34. The maximum Gasteiger partial charge on any atom is 0.410 e. The molecule has 0 bridgehead atoms. The molecule has 4 fully saturated rings. The number of hydrogen-bond donors (Lipinski definition) is 5. The maximum absolute atomic E-state index is 13.0. The molecule has 0 radical (unpaired) electrons. The molecule has 4 heterocycles. The van der Waals surface area contributed by atoms with E-state index in [9.17, 15) is 9.90 Å². The van der Waals surface area contributed by atoms with Crippen molar-refractivity contribution in [3.63, 3.8) is 0 Å². The van der Waals surface area contributed by atoms with E-state index in [0.717, 1.165) is 19.3 Å². The van der Waals surface area contributed by atoms with Crippen molar-refractivity contribution in [1.82, 2.24) is 20.4 Å². The highest BCUT2D eigenvalue weighted by Crippen LogP contribution is 2.39. The lowest BCUT2D eigenvalue weighted by Gasteiger charge is -2.45. The van der Waals surface area contributed by atoms with Crippen LogP contribution in [0.25, 0.3) is 0 Å². The average Bonchev–Trinajstić information content (AvgIpc) is 3.18. The molecular formula is C18H29N7O3. The number of aliphatic imine (C=N–C) groups is 1. The second kappa shape index (κ2) is 6.40. The first-order chi connectivity index (χ1) is 13.5. The molecule has 28 heavy (non-hydrogen) atoms. The van der Waals surface area contributed by atoms with Gasteiger partial charge in [0.1, 0.15) is 12.1 Å². The Morgan fingerprint density at radius 1 is 1.32 bits per heavy atom. The summed E-state index contributed by atoms with van der Waals surface area (Å²) in [5.74, 6) is 0.982. The van der Waals surface area contributed by atoms with E-state index < -0.39 is 17.9 Å². The predicted octanol–water partition coefficient (Wildman–Crippen LogP) is -0.657. The normalized spacial score (nSPS) is 42.0. The maximum atomic E-state index is 13.0. The van der Waals surface area contributed by atoms with E-state index in [1.165, 1.54) is 19.3 Å². The van der Waals surface area contributed by atoms with E-state index in [0.29, 0.717) is 19.0 Å². The molecule has 1 saturated carbocycles. The van der Waals surface area contributed by atoms with Gasteiger partial charge < -0.3 is 36.0 Å². The fraction of sp³-hybridized carbons (Fsp3) is 0.833. The summed E-state index contributed by atoms with van der Waals surface area (Å²) < 4.78 is 5.83. The van der Waals surface area contributed by atoms with Crippen molar-refractivity contribution in [3.8, 4) is 0 Å². The SMILES string of the molecule is N=C1NC[C@@H]2N=C(N)NC23[C@H](O)[C@@H](OC(=O)N2CCC[C@H]4CCCC[C@@H]42)CN13. The Hall–Kier alpha value is -2.23. The number of aliphatic hydroxyl groups is 1. The third kappa shape index (κ3) is 2.46. The molecule has 10 nitrogen and oxygen atoms in total. The van der Waals surface area contributed by atoms with Gasteiger partial charge in [-0.25, -0.2) is 9.79 Å². The number of carbonyl (C=O) groups excluding carboxylic acids is 1. The number of ether oxygens (including phenoxy) is 1. The van der Waals surface area contributed by atoms with Gasteiger partial charge in [-0.15, -0.1) is 0 Å². The van der Waals surface area contributed by atoms with Crippen LogP contribution in [0.4, 0.5) is 4.79 Å². The fourth-order valence-electron chi connectivity index (χ4n) is 5.90. The Labute approximate surface area is 164 Å². The van der Waals surface area contributed by atoms with Gasteiger partial charge in [-0.3, -0.25) is 5.41 Å². The minimum absolute atomic E-state index is 0.177. The van der Waals surface area contributed by atoms with Crippen molar-refractivity contribution in [2.24, 2.45) is 16.6 Å². The van der Waals surface area contributed by atoms with E-state index in [1.807, 2.05) is 4.90 Å². The molecule has 0 aromatic carbocycles. The number of amides is 1. The largest absolute Gasteiger partial charge is 0.441 e. The Morgan fingerprint density at radius 2 is 2.11 bits per heavy atom. The Kier molecular flexibility index (Phi) is 4.08. The molecule has 0 aromatic heterocycles. The van der Waals surface area contributed by atoms with Crippen molar-refractivity contribution >= 4 is 18.0 Å². The molecule has 5 aliphatic rings. The first kappa shape index (κ1) is 17.8. The molecule has 6 atom stereocenters. The van der Waals surface area contributed by atoms with Crippen LogP contribution in [-0.4, -0.2) is 82.5 Å². The third-order valence-electron chi connectivity index (χ3n) is 7.21. The summed E-state index contributed by atoms with van der Waals surface area (Å²) >= 11 is 0. The van der Waals surface area contributed by atoms with Crippen molar-refractivity contribution in [2.75, 3.05) is 19.6 Å². The lowest BCUT2D eigenvalue weighted by atomic mass is 9.78. The lowest BCUT2D eigenvalue weighted by molar-refractivity contribution is -0.0396. The van der Waals surface area contributed by atoms with Crippen LogP contribution in [0.2, 0.25) is 0 Å². The van der Waals surface area contributed by atoms with E-state index in [1.54, 1.807) is 4.90 Å². The van der Waals surface area contributed by atoms with Gasteiger partial charge in [0, 0.05) is 19.1 Å². The van der Waals surface area contributed by atoms with Crippen LogP contribution in [0, 0.1) is 11.3 Å². The smallest absolute Gasteiger partial charge is 0.410 e. The van der Waals surface area contributed by atoms with Crippen molar-refractivity contribution in [1.29, 1.82) is 5.41 Å². The Bertz CT molecular complexity index is 713. The summed E-state index contributed by atoms with van der Waals surface area (Å²) in [5.41, 5.74) is 4.86. The Morgan fingerprint density at radius 3 is 2.96 bits per heavy atom. The number of hydrogen-bond acceptors (Lipinski definition) is 7. The molecule has 1 unspecified atom stereocenters. The van der Waals surface area contributed by atoms with E-state index in [-0.39, 0.29) is 36.6 Å². The molecule has 4 aliphatic heterocycles. The molecule has 3 saturated heterocycles. The topological polar surface area (TPSA) is 139 Å². The molecule has 1 aliphatic carbocycles. The fourth-order valence-corrected chi connectivity index (χ4v) is 5.90. The number of likely N-dealkylation sites (tertiary alicyclic amines) is 1. The lowest BCUT2D eigenvalue weighted by Crippen LogP contribution is -2.73. The quantitative estimate of drug-likeness (QED) is 0.400. The standard InChI is InChI=1S/C18H29N7O3/c19-15-22-13-8-21-16(20)25-9-12(14(26)18(13,25)23-15)28-17(27)24-7-3-5-10-4-1-2-6-11(10)24/h10-14,26H,1-9H2,(H2,20,21)(H3,19,22,23)/t10-,11+,12+,13+,14-,18?/m1/s1. The van der Waals surface area contributed by atoms with E-state index >= 15 is 0 Å². The van der Waals surface area contributed by atoms with Gasteiger partial charge in [0.05, 0.1) is 6.54 Å². The number of piperidine rings is 1. The minimum Gasteiger partial charge on any atom is -0.441 e. The van der Waals surface area contributed by atoms with Gasteiger partial charge in [0.25, 0.3) is 0 Å². The highest BCUT2D eigenvalue weighted by atomic mass is 16.6. The Balaban J connectivity index is 1.33. The van der Waals surface area contributed by atoms with Crippen LogP contribution in [0.5, 0.6) is 0 Å². The number of aliphatic hydroxyl groups excluding tert-OH is 1. The van der Waals surface area contributed by atoms with Crippen molar-refractivity contribution < 1.29 is 14.6 Å². The monoisotopic (exact) mass is 391 g/mol. The zero-order chi connectivity index (χ0) is 19.5. The summed E-state index contributed by atoms with van der Waals surface area (Å²) in [6, 6.07) is -0.0939. The van der Waals surface area contributed by atoms with Crippen molar-refractivity contribution in [3.05, 3.63) is 0 Å². The number of rotatable bonds is 1. The van der Waals surface area contributed by atoms with Gasteiger partial charge in [0.15, 0.2) is 23.7 Å². The van der Waals surface area contributed by atoms with E-state index in [2.05, 4.69) is 15.6 Å². The zero-order valence-corrected chi connectivity index (χ0v) is 15.9. The highest BCUT2D eigenvalue weighted by Gasteiger charge is 2.64. The first-order valence-corrected chi connectivity index (χ1v) is 10.4. The molecule has 1 amide bonds. The van der Waals surface area contributed by atoms with Crippen molar-refractivity contribution in [2.45, 2.75) is 68.5 Å². The van der Waals surface area contributed by atoms with Crippen LogP contribution in [0.15, 0.2) is 4.99 Å².